The molecular weight excluding hydrogens is 169 g/mol. The second-order valence-corrected chi connectivity index (χ2v) is 4.37. The topological polar surface area (TPSA) is 23.5 Å². The van der Waals surface area contributed by atoms with Crippen LogP contribution in [0.2, 0.25) is 0 Å². The average molecular weight is 190 g/mol. The lowest BCUT2D eigenvalue weighted by Gasteiger charge is -2.35. The molecule has 3 fully saturated rings. The summed E-state index contributed by atoms with van der Waals surface area (Å²) in [7, 11) is 0. The molecule has 3 heteroatoms. The van der Waals surface area contributed by atoms with Crippen molar-refractivity contribution in [3.8, 4) is 0 Å². The van der Waals surface area contributed by atoms with Crippen molar-refractivity contribution in [3.63, 3.8) is 0 Å². The van der Waals surface area contributed by atoms with E-state index in [9.17, 15) is 9.50 Å². The molecule has 0 aromatic heterocycles. The first kappa shape index (κ1) is 4.58. The van der Waals surface area contributed by atoms with E-state index >= 15 is 0 Å². The van der Waals surface area contributed by atoms with E-state index in [1.54, 1.807) is 0 Å². The fourth-order valence-corrected chi connectivity index (χ4v) is 2.75. The Hall–Kier alpha value is -0.150. The Balaban J connectivity index is 2.16. The first-order valence-corrected chi connectivity index (χ1v) is 4.65. The Morgan fingerprint density at radius 3 is 3.08 bits per heavy atom. The van der Waals surface area contributed by atoms with E-state index in [2.05, 4.69) is 0 Å². The number of hydrogen-bond donors (Lipinski definition) is 1. The van der Waals surface area contributed by atoms with Gasteiger partial charge in [0.25, 0.3) is 0 Å². The van der Waals surface area contributed by atoms with Gasteiger partial charge in [0, 0.05) is 15.7 Å². The molecule has 0 bridgehead atoms. The Morgan fingerprint density at radius 2 is 2.46 bits per heavy atom. The van der Waals surface area contributed by atoms with Crippen LogP contribution in [0.5, 0.6) is 0 Å². The van der Waals surface area contributed by atoms with Gasteiger partial charge in [-0.1, -0.05) is 0 Å². The van der Waals surface area contributed by atoms with Gasteiger partial charge in [-0.15, -0.1) is 0 Å². The Morgan fingerprint density at radius 1 is 1.69 bits per heavy atom. The fraction of sp³-hybridized carbons (Fsp3) is 1.00. The molecule has 3 rings (SSSR count). The van der Waals surface area contributed by atoms with Gasteiger partial charge in [0.1, 0.15) is 6.15 Å². The SMILES string of the molecule is [2H]C1([2H])CC2(CC2)[C@@]2(C([2H])([2H])O)C[C@]([2H])(F)CN12. The first-order valence-electron chi connectivity index (χ1n) is 7.15. The number of nitrogens with zero attached hydrogens (tertiary/aromatic N) is 1. The molecule has 0 unspecified atom stereocenters. The predicted octanol–water partition coefficient (Wildman–Crippen LogP) is 0.945. The van der Waals surface area contributed by atoms with Crippen LogP contribution in [0.25, 0.3) is 0 Å². The monoisotopic (exact) mass is 190 g/mol. The third kappa shape index (κ3) is 0.803. The summed E-state index contributed by atoms with van der Waals surface area (Å²) in [5.41, 5.74) is -2.32. The van der Waals surface area contributed by atoms with Crippen LogP contribution in [0.4, 0.5) is 4.39 Å². The van der Waals surface area contributed by atoms with Crippen molar-refractivity contribution >= 4 is 0 Å². The number of hydrogen-bond acceptors (Lipinski definition) is 2. The quantitative estimate of drug-likeness (QED) is 0.665. The van der Waals surface area contributed by atoms with Crippen LogP contribution < -0.4 is 0 Å². The second kappa shape index (κ2) is 2.26. The van der Waals surface area contributed by atoms with E-state index in [1.165, 1.54) is 0 Å². The van der Waals surface area contributed by atoms with Crippen LogP contribution >= 0.6 is 0 Å². The van der Waals surface area contributed by atoms with Crippen molar-refractivity contribution in [1.82, 2.24) is 4.90 Å². The van der Waals surface area contributed by atoms with Gasteiger partial charge in [0.2, 0.25) is 0 Å². The van der Waals surface area contributed by atoms with Gasteiger partial charge >= 0.3 is 0 Å². The van der Waals surface area contributed by atoms with Gasteiger partial charge in [-0.25, -0.2) is 4.39 Å². The van der Waals surface area contributed by atoms with Crippen molar-refractivity contribution in [3.05, 3.63) is 0 Å². The predicted molar refractivity (Wildman–Crippen MR) is 47.2 cm³/mol. The maximum absolute atomic E-state index is 14.0. The molecule has 1 aliphatic carbocycles. The Kier molecular flexibility index (Phi) is 0.796. The second-order valence-electron chi connectivity index (χ2n) is 4.37. The lowest BCUT2D eigenvalue weighted by atomic mass is 9.80. The zero-order valence-electron chi connectivity index (χ0n) is 12.3. The van der Waals surface area contributed by atoms with E-state index in [0.717, 1.165) is 4.90 Å². The zero-order valence-corrected chi connectivity index (χ0v) is 7.31. The van der Waals surface area contributed by atoms with E-state index in [-0.39, 0.29) is 6.42 Å². The maximum Gasteiger partial charge on any atom is 0.115 e. The summed E-state index contributed by atoms with van der Waals surface area (Å²) < 4.78 is 52.8. The van der Waals surface area contributed by atoms with E-state index in [1.807, 2.05) is 0 Å². The lowest BCUT2D eigenvalue weighted by Crippen LogP contribution is -2.47. The van der Waals surface area contributed by atoms with Gasteiger partial charge in [-0.05, 0) is 31.2 Å². The van der Waals surface area contributed by atoms with Gasteiger partial charge < -0.3 is 5.11 Å². The van der Waals surface area contributed by atoms with Crippen molar-refractivity contribution in [2.75, 3.05) is 19.6 Å². The van der Waals surface area contributed by atoms with E-state index in [0.29, 0.717) is 12.8 Å². The zero-order chi connectivity index (χ0) is 13.6. The third-order valence-corrected chi connectivity index (χ3v) is 3.76. The molecule has 2 saturated heterocycles. The standard InChI is InChI=1S/C10H16FNO/c11-8-5-10(7-13)9(1-2-9)3-4-12(10)6-8/h8,13H,1-7H2/t8-,10-/m0/s1/i4D2,7D2,8D. The normalized spacial score (nSPS) is 63.4. The largest absolute Gasteiger partial charge is 0.394 e. The highest BCUT2D eigenvalue weighted by atomic mass is 19.1. The molecule has 1 spiro atoms. The number of halogens is 1. The highest BCUT2D eigenvalue weighted by Gasteiger charge is 2.67. The molecule has 13 heavy (non-hydrogen) atoms. The summed E-state index contributed by atoms with van der Waals surface area (Å²) >= 11 is 0. The van der Waals surface area contributed by atoms with E-state index < -0.39 is 43.1 Å². The van der Waals surface area contributed by atoms with Crippen molar-refractivity contribution in [1.29, 1.82) is 0 Å². The van der Waals surface area contributed by atoms with Crippen molar-refractivity contribution in [2.24, 2.45) is 5.41 Å². The molecule has 2 atom stereocenters. The summed E-state index contributed by atoms with van der Waals surface area (Å²) in [5.74, 6) is 0. The van der Waals surface area contributed by atoms with E-state index in [4.69, 9.17) is 6.85 Å². The third-order valence-electron chi connectivity index (χ3n) is 3.76. The molecule has 3 aliphatic rings. The number of alkyl halides is 1. The molecule has 1 N–H and O–H groups in total. The highest BCUT2D eigenvalue weighted by Crippen LogP contribution is 2.65. The molecule has 0 aromatic rings. The summed E-state index contributed by atoms with van der Waals surface area (Å²) in [6, 6.07) is 0. The fourth-order valence-electron chi connectivity index (χ4n) is 2.75. The van der Waals surface area contributed by atoms with Crippen LogP contribution in [0, 0.1) is 5.41 Å². The highest BCUT2D eigenvalue weighted by molar-refractivity contribution is 5.21. The Labute approximate surface area is 84.8 Å². The average Bonchev–Trinajstić information content (AvgIpc) is 2.77. The molecule has 0 radical (unpaired) electrons. The van der Waals surface area contributed by atoms with Gasteiger partial charge in [0.15, 0.2) is 0 Å². The molecule has 0 amide bonds. The van der Waals surface area contributed by atoms with Crippen LogP contribution in [0.3, 0.4) is 0 Å². The van der Waals surface area contributed by atoms with Crippen LogP contribution in [-0.2, 0) is 0 Å². The van der Waals surface area contributed by atoms with Gasteiger partial charge in [-0.2, -0.15) is 0 Å². The molecule has 2 nitrogen and oxygen atoms in total. The molecule has 74 valence electrons. The lowest BCUT2D eigenvalue weighted by molar-refractivity contribution is 0.0564. The Bertz CT molecular complexity index is 406. The van der Waals surface area contributed by atoms with Crippen molar-refractivity contribution < 1.29 is 16.4 Å². The molecule has 2 aliphatic heterocycles. The number of fused-ring (bicyclic) bond motifs is 2. The molecular formula is C10H16FNO. The molecule has 1 saturated carbocycles. The minimum absolute atomic E-state index is 0.107. The molecule has 2 heterocycles. The summed E-state index contributed by atoms with van der Waals surface area (Å²) in [5, 5.41) is 9.89. The van der Waals surface area contributed by atoms with Crippen molar-refractivity contribution in [2.45, 2.75) is 37.4 Å². The summed E-state index contributed by atoms with van der Waals surface area (Å²) in [4.78, 5) is 1.07. The van der Waals surface area contributed by atoms with Crippen LogP contribution in [-0.4, -0.2) is 41.3 Å². The van der Waals surface area contributed by atoms with Crippen LogP contribution in [0.15, 0.2) is 0 Å². The molecule has 0 aromatic carbocycles. The van der Waals surface area contributed by atoms with Gasteiger partial charge in [-0.3, -0.25) is 4.90 Å². The number of rotatable bonds is 1. The maximum atomic E-state index is 14.0. The summed E-state index contributed by atoms with van der Waals surface area (Å²) in [6.07, 6.45) is -1.60. The van der Waals surface area contributed by atoms with Gasteiger partial charge in [0.05, 0.1) is 16.2 Å². The van der Waals surface area contributed by atoms with Crippen LogP contribution in [0.1, 0.15) is 32.5 Å². The summed E-state index contributed by atoms with van der Waals surface area (Å²) in [6.45, 7) is -5.05. The number of aliphatic hydroxyl groups is 1. The smallest absolute Gasteiger partial charge is 0.115 e. The first-order chi connectivity index (χ1) is 7.96. The minimum atomic E-state index is -2.71. The minimum Gasteiger partial charge on any atom is -0.394 e.